The number of nitrogens with zero attached hydrogens (tertiary/aromatic N) is 1. The third-order valence-electron chi connectivity index (χ3n) is 3.42. The maximum absolute atomic E-state index is 10.8. The molecule has 5 heteroatoms. The topological polar surface area (TPSA) is 52.4 Å². The van der Waals surface area contributed by atoms with E-state index in [0.717, 1.165) is 10.8 Å². The number of aryl methyl sites for hydroxylation is 1. The molecule has 3 rings (SSSR count). The van der Waals surface area contributed by atoms with Crippen LogP contribution in [0.4, 0.5) is 5.69 Å². The van der Waals surface area contributed by atoms with Gasteiger partial charge in [-0.3, -0.25) is 10.1 Å². The normalized spacial score (nSPS) is 10.6. The van der Waals surface area contributed by atoms with Crippen LogP contribution in [0.1, 0.15) is 5.56 Å². The molecule has 0 heterocycles. The summed E-state index contributed by atoms with van der Waals surface area (Å²) >= 11 is 6.39. The van der Waals surface area contributed by atoms with Gasteiger partial charge < -0.3 is 4.74 Å². The first kappa shape index (κ1) is 14.4. The second-order valence-electron chi connectivity index (χ2n) is 4.91. The number of nitro benzene ring substituents is 1. The molecule has 4 nitrogen and oxygen atoms in total. The number of benzene rings is 3. The van der Waals surface area contributed by atoms with E-state index >= 15 is 0 Å². The zero-order valence-corrected chi connectivity index (χ0v) is 12.5. The lowest BCUT2D eigenvalue weighted by Crippen LogP contribution is -1.92. The fourth-order valence-electron chi connectivity index (χ4n) is 2.27. The van der Waals surface area contributed by atoms with E-state index in [9.17, 15) is 10.1 Å². The standard InChI is InChI=1S/C17H12ClNO3/c1-11-10-13(19(20)21)7-9-15(11)22-16-8-6-12-4-2-3-5-14(12)17(16)18/h2-10H,1H3. The van der Waals surface area contributed by atoms with E-state index < -0.39 is 4.92 Å². The number of hydrogen-bond acceptors (Lipinski definition) is 3. The number of nitro groups is 1. The maximum Gasteiger partial charge on any atom is 0.269 e. The molecule has 0 atom stereocenters. The van der Waals surface area contributed by atoms with Crippen molar-refractivity contribution >= 4 is 28.1 Å². The molecule has 0 bridgehead atoms. The number of non-ortho nitro benzene ring substituents is 1. The predicted octanol–water partition coefficient (Wildman–Crippen LogP) is 5.50. The number of hydrogen-bond donors (Lipinski definition) is 0. The van der Waals surface area contributed by atoms with Gasteiger partial charge in [-0.15, -0.1) is 0 Å². The van der Waals surface area contributed by atoms with Crippen LogP contribution in [0.2, 0.25) is 5.02 Å². The van der Waals surface area contributed by atoms with Crippen LogP contribution in [0.3, 0.4) is 0 Å². The number of fused-ring (bicyclic) bond motifs is 1. The van der Waals surface area contributed by atoms with Crippen LogP contribution in [0.25, 0.3) is 10.8 Å². The van der Waals surface area contributed by atoms with Crippen LogP contribution in [0, 0.1) is 17.0 Å². The summed E-state index contributed by atoms with van der Waals surface area (Å²) in [6, 6.07) is 16.0. The minimum absolute atomic E-state index is 0.0365. The highest BCUT2D eigenvalue weighted by molar-refractivity contribution is 6.37. The molecule has 0 N–H and O–H groups in total. The molecule has 0 unspecified atom stereocenters. The highest BCUT2D eigenvalue weighted by Gasteiger charge is 2.12. The molecule has 0 saturated heterocycles. The summed E-state index contributed by atoms with van der Waals surface area (Å²) in [6.45, 7) is 1.76. The summed E-state index contributed by atoms with van der Waals surface area (Å²) in [5, 5.41) is 13.2. The van der Waals surface area contributed by atoms with Crippen molar-refractivity contribution in [1.29, 1.82) is 0 Å². The summed E-state index contributed by atoms with van der Waals surface area (Å²) in [6.07, 6.45) is 0. The van der Waals surface area contributed by atoms with E-state index in [1.54, 1.807) is 19.1 Å². The van der Waals surface area contributed by atoms with E-state index in [0.29, 0.717) is 22.1 Å². The van der Waals surface area contributed by atoms with Gasteiger partial charge in [0.25, 0.3) is 5.69 Å². The van der Waals surface area contributed by atoms with Gasteiger partial charge in [0.15, 0.2) is 0 Å². The zero-order valence-electron chi connectivity index (χ0n) is 11.7. The third kappa shape index (κ3) is 2.61. The van der Waals surface area contributed by atoms with E-state index in [-0.39, 0.29) is 5.69 Å². The molecule has 3 aromatic carbocycles. The average molecular weight is 314 g/mol. The average Bonchev–Trinajstić information content (AvgIpc) is 2.52. The summed E-state index contributed by atoms with van der Waals surface area (Å²) in [7, 11) is 0. The van der Waals surface area contributed by atoms with Gasteiger partial charge in [0.1, 0.15) is 11.5 Å². The van der Waals surface area contributed by atoms with Crippen LogP contribution in [0.5, 0.6) is 11.5 Å². The van der Waals surface area contributed by atoms with Crippen molar-refractivity contribution in [1.82, 2.24) is 0 Å². The molecule has 0 fully saturated rings. The van der Waals surface area contributed by atoms with Gasteiger partial charge in [0.2, 0.25) is 0 Å². The van der Waals surface area contributed by atoms with Crippen LogP contribution < -0.4 is 4.74 Å². The van der Waals surface area contributed by atoms with Gasteiger partial charge in [-0.05, 0) is 30.0 Å². The second kappa shape index (κ2) is 5.66. The van der Waals surface area contributed by atoms with Gasteiger partial charge >= 0.3 is 0 Å². The molecule has 0 saturated carbocycles. The minimum atomic E-state index is -0.431. The van der Waals surface area contributed by atoms with Crippen molar-refractivity contribution in [3.8, 4) is 11.5 Å². The van der Waals surface area contributed by atoms with Crippen molar-refractivity contribution in [3.63, 3.8) is 0 Å². The van der Waals surface area contributed by atoms with Crippen LogP contribution >= 0.6 is 11.6 Å². The molecule has 110 valence electrons. The van der Waals surface area contributed by atoms with Crippen molar-refractivity contribution in [3.05, 3.63) is 75.3 Å². The van der Waals surface area contributed by atoms with Crippen molar-refractivity contribution in [2.45, 2.75) is 6.92 Å². The third-order valence-corrected chi connectivity index (χ3v) is 3.81. The van der Waals surface area contributed by atoms with Gasteiger partial charge in [-0.2, -0.15) is 0 Å². The zero-order chi connectivity index (χ0) is 15.7. The molecule has 0 aliphatic rings. The van der Waals surface area contributed by atoms with E-state index in [2.05, 4.69) is 0 Å². The molecule has 0 aliphatic carbocycles. The lowest BCUT2D eigenvalue weighted by Gasteiger charge is -2.11. The Balaban J connectivity index is 2.00. The number of ether oxygens (including phenoxy) is 1. The highest BCUT2D eigenvalue weighted by atomic mass is 35.5. The van der Waals surface area contributed by atoms with Gasteiger partial charge in [0, 0.05) is 17.5 Å². The molecular weight excluding hydrogens is 302 g/mol. The molecule has 3 aromatic rings. The first-order chi connectivity index (χ1) is 10.6. The van der Waals surface area contributed by atoms with E-state index in [1.165, 1.54) is 12.1 Å². The quantitative estimate of drug-likeness (QED) is 0.473. The molecule has 0 aliphatic heterocycles. The van der Waals surface area contributed by atoms with Crippen molar-refractivity contribution < 1.29 is 9.66 Å². The van der Waals surface area contributed by atoms with Crippen LogP contribution in [-0.2, 0) is 0 Å². The summed E-state index contributed by atoms with van der Waals surface area (Å²) < 4.78 is 5.83. The number of halogens is 1. The first-order valence-corrected chi connectivity index (χ1v) is 7.04. The fraction of sp³-hybridized carbons (Fsp3) is 0.0588. The monoisotopic (exact) mass is 313 g/mol. The van der Waals surface area contributed by atoms with Crippen LogP contribution in [-0.4, -0.2) is 4.92 Å². The maximum atomic E-state index is 10.8. The summed E-state index contributed by atoms with van der Waals surface area (Å²) in [5.41, 5.74) is 0.716. The molecule has 0 aromatic heterocycles. The Bertz CT molecular complexity index is 877. The Morgan fingerprint density at radius 1 is 1.05 bits per heavy atom. The SMILES string of the molecule is Cc1cc([N+](=O)[O-])ccc1Oc1ccc2ccccc2c1Cl. The molecule has 0 amide bonds. The Morgan fingerprint density at radius 3 is 2.50 bits per heavy atom. The van der Waals surface area contributed by atoms with Gasteiger partial charge in [0.05, 0.1) is 9.95 Å². The van der Waals surface area contributed by atoms with Crippen LogP contribution in [0.15, 0.2) is 54.6 Å². The van der Waals surface area contributed by atoms with Crippen molar-refractivity contribution in [2.24, 2.45) is 0 Å². The second-order valence-corrected chi connectivity index (χ2v) is 5.29. The Hall–Kier alpha value is -2.59. The molecule has 0 radical (unpaired) electrons. The van der Waals surface area contributed by atoms with Gasteiger partial charge in [-0.25, -0.2) is 0 Å². The molecule has 0 spiro atoms. The summed E-state index contributed by atoms with van der Waals surface area (Å²) in [4.78, 5) is 10.3. The summed E-state index contributed by atoms with van der Waals surface area (Å²) in [5.74, 6) is 1.07. The van der Waals surface area contributed by atoms with E-state index in [4.69, 9.17) is 16.3 Å². The predicted molar refractivity (Wildman–Crippen MR) is 86.9 cm³/mol. The Labute approximate surface area is 132 Å². The minimum Gasteiger partial charge on any atom is -0.455 e. The Morgan fingerprint density at radius 2 is 1.77 bits per heavy atom. The van der Waals surface area contributed by atoms with Crippen molar-refractivity contribution in [2.75, 3.05) is 0 Å². The Kier molecular flexibility index (Phi) is 3.69. The number of rotatable bonds is 3. The highest BCUT2D eigenvalue weighted by Crippen LogP contribution is 2.36. The smallest absolute Gasteiger partial charge is 0.269 e. The fourth-order valence-corrected chi connectivity index (χ4v) is 2.55. The lowest BCUT2D eigenvalue weighted by molar-refractivity contribution is -0.384. The lowest BCUT2D eigenvalue weighted by atomic mass is 10.1. The molecule has 22 heavy (non-hydrogen) atoms. The first-order valence-electron chi connectivity index (χ1n) is 6.66. The van der Waals surface area contributed by atoms with E-state index in [1.807, 2.05) is 30.3 Å². The molecular formula is C17H12ClNO3. The van der Waals surface area contributed by atoms with Gasteiger partial charge in [-0.1, -0.05) is 41.9 Å². The largest absolute Gasteiger partial charge is 0.455 e.